The molecule has 24 heavy (non-hydrogen) atoms. The molecule has 2 atom stereocenters. The van der Waals surface area contributed by atoms with Gasteiger partial charge in [0.2, 0.25) is 0 Å². The number of aryl methyl sites for hydroxylation is 1. The van der Waals surface area contributed by atoms with E-state index < -0.39 is 0 Å². The van der Waals surface area contributed by atoms with Crippen molar-refractivity contribution in [1.82, 2.24) is 20.3 Å². The molecule has 136 valence electrons. The van der Waals surface area contributed by atoms with Crippen LogP contribution in [0.15, 0.2) is 10.6 Å². The number of hydrogen-bond donors (Lipinski definition) is 1. The summed E-state index contributed by atoms with van der Waals surface area (Å²) in [6, 6.07) is 1.79. The van der Waals surface area contributed by atoms with E-state index in [-0.39, 0.29) is 6.03 Å². The lowest BCUT2D eigenvalue weighted by molar-refractivity contribution is 0.139. The van der Waals surface area contributed by atoms with Gasteiger partial charge in [-0.05, 0) is 44.6 Å². The van der Waals surface area contributed by atoms with E-state index >= 15 is 0 Å². The van der Waals surface area contributed by atoms with Crippen LogP contribution in [0.4, 0.5) is 4.79 Å². The van der Waals surface area contributed by atoms with Crippen molar-refractivity contribution in [3.8, 4) is 0 Å². The second-order valence-corrected chi connectivity index (χ2v) is 7.43. The van der Waals surface area contributed by atoms with Gasteiger partial charge < -0.3 is 19.6 Å². The second kappa shape index (κ2) is 9.06. The molecule has 1 aromatic rings. The Balaban J connectivity index is 1.57. The van der Waals surface area contributed by atoms with Gasteiger partial charge in [-0.3, -0.25) is 0 Å². The largest absolute Gasteiger partial charge is 0.361 e. The maximum atomic E-state index is 12.1. The molecule has 0 radical (unpaired) electrons. The summed E-state index contributed by atoms with van der Waals surface area (Å²) < 4.78 is 5.02. The molecule has 0 spiro atoms. The van der Waals surface area contributed by atoms with Crippen LogP contribution in [0.25, 0.3) is 0 Å². The van der Waals surface area contributed by atoms with E-state index in [9.17, 15) is 4.79 Å². The van der Waals surface area contributed by atoms with Gasteiger partial charge in [-0.2, -0.15) is 0 Å². The number of likely N-dealkylation sites (tertiary alicyclic amines) is 1. The van der Waals surface area contributed by atoms with Gasteiger partial charge in [0.15, 0.2) is 0 Å². The van der Waals surface area contributed by atoms with Gasteiger partial charge in [-0.25, -0.2) is 4.79 Å². The van der Waals surface area contributed by atoms with Crippen LogP contribution in [-0.2, 0) is 6.54 Å². The normalized spacial score (nSPS) is 21.7. The summed E-state index contributed by atoms with van der Waals surface area (Å²) in [5, 5.41) is 6.88. The fraction of sp³-hybridized carbons (Fsp3) is 0.778. The number of piperidine rings is 1. The minimum absolute atomic E-state index is 0.0594. The van der Waals surface area contributed by atoms with Crippen LogP contribution in [0.1, 0.15) is 44.6 Å². The highest BCUT2D eigenvalue weighted by atomic mass is 16.5. The average Bonchev–Trinajstić information content (AvgIpc) is 2.90. The number of rotatable bonds is 7. The van der Waals surface area contributed by atoms with Crippen LogP contribution >= 0.6 is 0 Å². The Morgan fingerprint density at radius 1 is 1.38 bits per heavy atom. The Kier molecular flexibility index (Phi) is 7.09. The standard InChI is InChI=1S/C18H32N4O2/c1-14-9-15(2)12-22(11-14)8-6-5-7-19-18(23)21(4)13-17-10-16(3)24-20-17/h10,14-15H,5-9,11-13H2,1-4H3,(H,19,23). The van der Waals surface area contributed by atoms with Gasteiger partial charge >= 0.3 is 6.03 Å². The Morgan fingerprint density at radius 2 is 2.08 bits per heavy atom. The highest BCUT2D eigenvalue weighted by Gasteiger charge is 2.21. The van der Waals surface area contributed by atoms with Crippen molar-refractivity contribution < 1.29 is 9.32 Å². The molecule has 6 heteroatoms. The molecule has 0 aliphatic carbocycles. The smallest absolute Gasteiger partial charge is 0.317 e. The van der Waals surface area contributed by atoms with Crippen molar-refractivity contribution in [2.45, 2.75) is 46.6 Å². The summed E-state index contributed by atoms with van der Waals surface area (Å²) in [4.78, 5) is 16.3. The first-order chi connectivity index (χ1) is 11.4. The van der Waals surface area contributed by atoms with Gasteiger partial charge in [0.1, 0.15) is 11.5 Å². The third-order valence-electron chi connectivity index (χ3n) is 4.54. The molecule has 1 saturated heterocycles. The van der Waals surface area contributed by atoms with Crippen LogP contribution < -0.4 is 5.32 Å². The van der Waals surface area contributed by atoms with E-state index in [0.717, 1.165) is 49.2 Å². The van der Waals surface area contributed by atoms with Crippen molar-refractivity contribution in [3.05, 3.63) is 17.5 Å². The van der Waals surface area contributed by atoms with Gasteiger partial charge in [0.05, 0.1) is 6.54 Å². The van der Waals surface area contributed by atoms with Gasteiger partial charge in [-0.1, -0.05) is 19.0 Å². The molecule has 2 amide bonds. The van der Waals surface area contributed by atoms with Crippen LogP contribution in [-0.4, -0.2) is 54.2 Å². The predicted octanol–water partition coefficient (Wildman–Crippen LogP) is 2.88. The number of aromatic nitrogens is 1. The fourth-order valence-corrected chi connectivity index (χ4v) is 3.57. The molecule has 2 unspecified atom stereocenters. The van der Waals surface area contributed by atoms with Crippen molar-refractivity contribution in [1.29, 1.82) is 0 Å². The van der Waals surface area contributed by atoms with E-state index in [1.54, 1.807) is 11.9 Å². The molecule has 2 rings (SSSR count). The topological polar surface area (TPSA) is 61.6 Å². The third-order valence-corrected chi connectivity index (χ3v) is 4.54. The zero-order valence-corrected chi connectivity index (χ0v) is 15.5. The predicted molar refractivity (Wildman–Crippen MR) is 94.7 cm³/mol. The van der Waals surface area contributed by atoms with E-state index in [1.807, 2.05) is 13.0 Å². The SMILES string of the molecule is Cc1cc(CN(C)C(=O)NCCCCN2CC(C)CC(C)C2)no1. The minimum atomic E-state index is -0.0594. The maximum absolute atomic E-state index is 12.1. The number of nitrogens with zero attached hydrogens (tertiary/aromatic N) is 3. The summed E-state index contributed by atoms with van der Waals surface area (Å²) in [5.74, 6) is 2.38. The lowest BCUT2D eigenvalue weighted by atomic mass is 9.92. The summed E-state index contributed by atoms with van der Waals surface area (Å²) in [6.45, 7) is 11.3. The van der Waals surface area contributed by atoms with Crippen molar-refractivity contribution in [2.24, 2.45) is 11.8 Å². The quantitative estimate of drug-likeness (QED) is 0.778. The first kappa shape index (κ1) is 18.8. The number of nitrogens with one attached hydrogen (secondary N) is 1. The molecule has 0 saturated carbocycles. The van der Waals surface area contributed by atoms with E-state index in [0.29, 0.717) is 6.54 Å². The highest BCUT2D eigenvalue weighted by molar-refractivity contribution is 5.73. The Morgan fingerprint density at radius 3 is 2.71 bits per heavy atom. The zero-order chi connectivity index (χ0) is 17.5. The molecule has 1 fully saturated rings. The molecular weight excluding hydrogens is 304 g/mol. The highest BCUT2D eigenvalue weighted by Crippen LogP contribution is 2.20. The monoisotopic (exact) mass is 336 g/mol. The van der Waals surface area contributed by atoms with E-state index in [4.69, 9.17) is 4.52 Å². The first-order valence-corrected chi connectivity index (χ1v) is 9.07. The average molecular weight is 336 g/mol. The first-order valence-electron chi connectivity index (χ1n) is 9.07. The number of carbonyl (C=O) groups is 1. The Labute approximate surface area is 145 Å². The lowest BCUT2D eigenvalue weighted by Crippen LogP contribution is -2.40. The number of urea groups is 1. The summed E-state index contributed by atoms with van der Waals surface area (Å²) in [5.41, 5.74) is 0.776. The van der Waals surface area contributed by atoms with Gasteiger partial charge in [-0.15, -0.1) is 0 Å². The molecule has 1 aliphatic rings. The summed E-state index contributed by atoms with van der Waals surface area (Å²) >= 11 is 0. The molecule has 6 nitrogen and oxygen atoms in total. The lowest BCUT2D eigenvalue weighted by Gasteiger charge is -2.34. The molecule has 0 aromatic carbocycles. The number of unbranched alkanes of at least 4 members (excludes halogenated alkanes) is 1. The number of carbonyl (C=O) groups excluding carboxylic acids is 1. The second-order valence-electron chi connectivity index (χ2n) is 7.43. The van der Waals surface area contributed by atoms with Crippen molar-refractivity contribution >= 4 is 6.03 Å². The third kappa shape index (κ3) is 6.15. The minimum Gasteiger partial charge on any atom is -0.361 e. The summed E-state index contributed by atoms with van der Waals surface area (Å²) in [6.07, 6.45) is 3.50. The molecule has 0 bridgehead atoms. The van der Waals surface area contributed by atoms with Crippen molar-refractivity contribution in [3.63, 3.8) is 0 Å². The molecule has 1 N–H and O–H groups in total. The number of amides is 2. The van der Waals surface area contributed by atoms with E-state index in [1.165, 1.54) is 19.5 Å². The van der Waals surface area contributed by atoms with Crippen molar-refractivity contribution in [2.75, 3.05) is 33.2 Å². The fourth-order valence-electron chi connectivity index (χ4n) is 3.57. The zero-order valence-electron chi connectivity index (χ0n) is 15.5. The van der Waals surface area contributed by atoms with Gasteiger partial charge in [0, 0.05) is 32.7 Å². The molecule has 1 aliphatic heterocycles. The Hall–Kier alpha value is -1.56. The number of hydrogen-bond acceptors (Lipinski definition) is 4. The van der Waals surface area contributed by atoms with Crippen LogP contribution in [0.5, 0.6) is 0 Å². The molecule has 2 heterocycles. The van der Waals surface area contributed by atoms with Gasteiger partial charge in [0.25, 0.3) is 0 Å². The van der Waals surface area contributed by atoms with E-state index in [2.05, 4.69) is 29.2 Å². The Bertz CT molecular complexity index is 507. The molecular formula is C18H32N4O2. The molecule has 1 aromatic heterocycles. The summed E-state index contributed by atoms with van der Waals surface area (Å²) in [7, 11) is 1.77. The van der Waals surface area contributed by atoms with Crippen LogP contribution in [0.2, 0.25) is 0 Å². The van der Waals surface area contributed by atoms with Crippen LogP contribution in [0, 0.1) is 18.8 Å². The van der Waals surface area contributed by atoms with Crippen LogP contribution in [0.3, 0.4) is 0 Å². The maximum Gasteiger partial charge on any atom is 0.317 e.